The highest BCUT2D eigenvalue weighted by Gasteiger charge is 2.14. The maximum atomic E-state index is 12.2. The number of Topliss-reactive ketones (excluding diaryl/α,β-unsaturated/α-hetero) is 1. The number of benzene rings is 2. The van der Waals surface area contributed by atoms with Crippen LogP contribution in [0.15, 0.2) is 53.0 Å². The van der Waals surface area contributed by atoms with Gasteiger partial charge in [-0.2, -0.15) is 0 Å². The summed E-state index contributed by atoms with van der Waals surface area (Å²) in [4.78, 5) is 12.2. The van der Waals surface area contributed by atoms with E-state index in [4.69, 9.17) is 4.74 Å². The summed E-state index contributed by atoms with van der Waals surface area (Å²) >= 11 is 3.38. The van der Waals surface area contributed by atoms with Crippen LogP contribution in [-0.4, -0.2) is 12.9 Å². The largest absolute Gasteiger partial charge is 0.495 e. The summed E-state index contributed by atoms with van der Waals surface area (Å²) in [5.74, 6) is 0.651. The van der Waals surface area contributed by atoms with Gasteiger partial charge in [0.25, 0.3) is 0 Å². The third-order valence-corrected chi connectivity index (χ3v) is 3.30. The Bertz CT molecular complexity index is 550. The number of para-hydroxylation sites is 1. The molecule has 2 rings (SSSR count). The molecule has 0 saturated heterocycles. The van der Waals surface area contributed by atoms with E-state index >= 15 is 0 Å². The van der Waals surface area contributed by atoms with Crippen LogP contribution in [0.2, 0.25) is 0 Å². The number of hydrogen-bond acceptors (Lipinski definition) is 2. The quantitative estimate of drug-likeness (QED) is 0.801. The lowest BCUT2D eigenvalue weighted by atomic mass is 10.0. The number of ether oxygens (including phenoxy) is 1. The highest BCUT2D eigenvalue weighted by molar-refractivity contribution is 9.10. The number of halogens is 1. The van der Waals surface area contributed by atoms with Crippen molar-refractivity contribution in [2.75, 3.05) is 7.11 Å². The molecule has 0 saturated carbocycles. The molecule has 92 valence electrons. The van der Waals surface area contributed by atoms with Crippen LogP contribution >= 0.6 is 15.9 Å². The topological polar surface area (TPSA) is 26.3 Å². The molecule has 0 atom stereocenters. The molecule has 0 bridgehead atoms. The number of carbonyl (C=O) groups is 1. The average Bonchev–Trinajstić information content (AvgIpc) is 2.39. The van der Waals surface area contributed by atoms with E-state index in [9.17, 15) is 4.79 Å². The zero-order chi connectivity index (χ0) is 13.0. The first kappa shape index (κ1) is 12.8. The van der Waals surface area contributed by atoms with Crippen molar-refractivity contribution in [3.8, 4) is 5.75 Å². The first-order valence-corrected chi connectivity index (χ1v) is 6.41. The van der Waals surface area contributed by atoms with Crippen molar-refractivity contribution in [2.24, 2.45) is 0 Å². The number of rotatable bonds is 4. The lowest BCUT2D eigenvalue weighted by Gasteiger charge is -2.09. The highest BCUT2D eigenvalue weighted by Crippen LogP contribution is 2.29. The molecule has 0 radical (unpaired) electrons. The summed E-state index contributed by atoms with van der Waals surface area (Å²) in [6, 6.07) is 15.2. The summed E-state index contributed by atoms with van der Waals surface area (Å²) in [6.07, 6.45) is 0.383. The molecule has 0 amide bonds. The molecule has 2 aromatic carbocycles. The van der Waals surface area contributed by atoms with E-state index in [1.807, 2.05) is 42.5 Å². The summed E-state index contributed by atoms with van der Waals surface area (Å²) < 4.78 is 6.06. The summed E-state index contributed by atoms with van der Waals surface area (Å²) in [5.41, 5.74) is 1.61. The molecular formula is C15H13BrO2. The van der Waals surface area contributed by atoms with Gasteiger partial charge in [0.05, 0.1) is 17.1 Å². The molecule has 0 heterocycles. The van der Waals surface area contributed by atoms with Crippen LogP contribution in [0.5, 0.6) is 5.75 Å². The molecule has 3 heteroatoms. The maximum absolute atomic E-state index is 12.2. The van der Waals surface area contributed by atoms with E-state index in [1.165, 1.54) is 0 Å². The minimum Gasteiger partial charge on any atom is -0.495 e. The van der Waals surface area contributed by atoms with E-state index in [2.05, 4.69) is 15.9 Å². The smallest absolute Gasteiger partial charge is 0.170 e. The van der Waals surface area contributed by atoms with Crippen LogP contribution in [0.4, 0.5) is 0 Å². The molecule has 0 aromatic heterocycles. The number of methoxy groups -OCH3 is 1. The number of ketones is 1. The van der Waals surface area contributed by atoms with Gasteiger partial charge in [0.15, 0.2) is 5.78 Å². The number of hydrogen-bond donors (Lipinski definition) is 0. The van der Waals surface area contributed by atoms with Crippen LogP contribution in [0, 0.1) is 0 Å². The Balaban J connectivity index is 2.27. The van der Waals surface area contributed by atoms with Gasteiger partial charge in [-0.15, -0.1) is 0 Å². The minimum absolute atomic E-state index is 0.0550. The average molecular weight is 305 g/mol. The highest BCUT2D eigenvalue weighted by atomic mass is 79.9. The van der Waals surface area contributed by atoms with Crippen molar-refractivity contribution >= 4 is 21.7 Å². The first-order chi connectivity index (χ1) is 8.72. The summed E-state index contributed by atoms with van der Waals surface area (Å²) in [5, 5.41) is 0. The van der Waals surface area contributed by atoms with Crippen LogP contribution in [0.3, 0.4) is 0 Å². The van der Waals surface area contributed by atoms with Gasteiger partial charge in [-0.3, -0.25) is 4.79 Å². The Labute approximate surface area is 115 Å². The fourth-order valence-corrected chi connectivity index (χ4v) is 2.34. The molecule has 0 unspecified atom stereocenters. The van der Waals surface area contributed by atoms with Gasteiger partial charge >= 0.3 is 0 Å². The van der Waals surface area contributed by atoms with Crippen LogP contribution < -0.4 is 4.74 Å². The summed E-state index contributed by atoms with van der Waals surface area (Å²) in [6.45, 7) is 0. The Morgan fingerprint density at radius 2 is 1.83 bits per heavy atom. The molecule has 0 aliphatic rings. The molecular weight excluding hydrogens is 292 g/mol. The first-order valence-electron chi connectivity index (χ1n) is 5.62. The predicted octanol–water partition coefficient (Wildman–Crippen LogP) is 3.88. The van der Waals surface area contributed by atoms with E-state index in [0.29, 0.717) is 17.7 Å². The SMILES string of the molecule is COc1c(Br)cccc1C(=O)Cc1ccccc1. The normalized spacial score (nSPS) is 10.1. The maximum Gasteiger partial charge on any atom is 0.170 e. The van der Waals surface area contributed by atoms with Crippen molar-refractivity contribution < 1.29 is 9.53 Å². The van der Waals surface area contributed by atoms with Gasteiger partial charge in [-0.25, -0.2) is 0 Å². The van der Waals surface area contributed by atoms with Gasteiger partial charge in [0.1, 0.15) is 5.75 Å². The van der Waals surface area contributed by atoms with Crippen molar-refractivity contribution in [1.82, 2.24) is 0 Å². The molecule has 0 spiro atoms. The van der Waals surface area contributed by atoms with E-state index in [0.717, 1.165) is 10.0 Å². The lowest BCUT2D eigenvalue weighted by molar-refractivity contribution is 0.0990. The van der Waals surface area contributed by atoms with E-state index in [-0.39, 0.29) is 5.78 Å². The van der Waals surface area contributed by atoms with Crippen molar-refractivity contribution in [2.45, 2.75) is 6.42 Å². The second kappa shape index (κ2) is 5.83. The molecule has 0 N–H and O–H groups in total. The van der Waals surface area contributed by atoms with Gasteiger partial charge in [-0.05, 0) is 33.6 Å². The zero-order valence-corrected chi connectivity index (χ0v) is 11.6. The fraction of sp³-hybridized carbons (Fsp3) is 0.133. The number of carbonyl (C=O) groups excluding carboxylic acids is 1. The Morgan fingerprint density at radius 1 is 1.11 bits per heavy atom. The molecule has 18 heavy (non-hydrogen) atoms. The standard InChI is InChI=1S/C15H13BrO2/c1-18-15-12(8-5-9-13(15)16)14(17)10-11-6-3-2-4-7-11/h2-9H,10H2,1H3. The van der Waals surface area contributed by atoms with Gasteiger partial charge in [-0.1, -0.05) is 36.4 Å². The third kappa shape index (κ3) is 2.79. The van der Waals surface area contributed by atoms with Gasteiger partial charge in [0, 0.05) is 6.42 Å². The monoisotopic (exact) mass is 304 g/mol. The van der Waals surface area contributed by atoms with E-state index < -0.39 is 0 Å². The molecule has 0 fully saturated rings. The van der Waals surface area contributed by atoms with Crippen molar-refractivity contribution in [3.63, 3.8) is 0 Å². The Morgan fingerprint density at radius 3 is 2.50 bits per heavy atom. The summed E-state index contributed by atoms with van der Waals surface area (Å²) in [7, 11) is 1.57. The third-order valence-electron chi connectivity index (χ3n) is 2.68. The molecule has 0 aliphatic heterocycles. The van der Waals surface area contributed by atoms with Crippen molar-refractivity contribution in [3.05, 3.63) is 64.1 Å². The molecule has 2 aromatic rings. The lowest BCUT2D eigenvalue weighted by Crippen LogP contribution is -2.06. The zero-order valence-electron chi connectivity index (χ0n) is 10.0. The second-order valence-electron chi connectivity index (χ2n) is 3.91. The van der Waals surface area contributed by atoms with Crippen LogP contribution in [-0.2, 0) is 6.42 Å². The van der Waals surface area contributed by atoms with Crippen LogP contribution in [0.25, 0.3) is 0 Å². The van der Waals surface area contributed by atoms with Gasteiger partial charge < -0.3 is 4.74 Å². The van der Waals surface area contributed by atoms with Crippen LogP contribution in [0.1, 0.15) is 15.9 Å². The second-order valence-corrected chi connectivity index (χ2v) is 4.76. The Kier molecular flexibility index (Phi) is 4.15. The molecule has 2 nitrogen and oxygen atoms in total. The Hall–Kier alpha value is -1.61. The minimum atomic E-state index is 0.0550. The predicted molar refractivity (Wildman–Crippen MR) is 75.2 cm³/mol. The fourth-order valence-electron chi connectivity index (χ4n) is 1.81. The van der Waals surface area contributed by atoms with Gasteiger partial charge in [0.2, 0.25) is 0 Å². The van der Waals surface area contributed by atoms with E-state index in [1.54, 1.807) is 13.2 Å². The van der Waals surface area contributed by atoms with Crippen molar-refractivity contribution in [1.29, 1.82) is 0 Å². The molecule has 0 aliphatic carbocycles.